The van der Waals surface area contributed by atoms with Crippen molar-refractivity contribution in [2.45, 2.75) is 12.8 Å². The number of carbonyl (C=O) groups excluding carboxylic acids is 3. The Hall–Kier alpha value is -3.74. The summed E-state index contributed by atoms with van der Waals surface area (Å²) in [6.45, 7) is 1.67. The number of anilines is 1. The highest BCUT2D eigenvalue weighted by Crippen LogP contribution is 2.45. The van der Waals surface area contributed by atoms with Gasteiger partial charge in [-0.3, -0.25) is 14.4 Å². The number of fused-ring (bicyclic) bond motifs is 1. The molecule has 35 heavy (non-hydrogen) atoms. The van der Waals surface area contributed by atoms with E-state index in [-0.39, 0.29) is 27.5 Å². The topological polar surface area (TPSA) is 87.0 Å². The number of aliphatic hydroxyl groups excluding tert-OH is 1. The number of nitrogens with zero attached hydrogens (tertiary/aromatic N) is 2. The molecule has 2 unspecified atom stereocenters. The minimum Gasteiger partial charge on any atom is -0.507 e. The van der Waals surface area contributed by atoms with E-state index in [0.29, 0.717) is 22.0 Å². The number of aliphatic hydroxyl groups is 1. The summed E-state index contributed by atoms with van der Waals surface area (Å²) < 4.78 is 0. The van der Waals surface area contributed by atoms with Crippen molar-refractivity contribution in [2.75, 3.05) is 5.01 Å². The molecule has 1 N–H and O–H groups in total. The third-order valence-corrected chi connectivity index (χ3v) is 6.82. The Kier molecular flexibility index (Phi) is 5.79. The first-order valence-corrected chi connectivity index (χ1v) is 11.6. The fourth-order valence-corrected chi connectivity index (χ4v) is 5.17. The monoisotopic (exact) mass is 504 g/mol. The highest BCUT2D eigenvalue weighted by Gasteiger charge is 2.48. The smallest absolute Gasteiger partial charge is 0.257 e. The van der Waals surface area contributed by atoms with E-state index < -0.39 is 29.3 Å². The number of halogens is 2. The second-order valence-electron chi connectivity index (χ2n) is 8.31. The van der Waals surface area contributed by atoms with Gasteiger partial charge in [-0.2, -0.15) is 5.10 Å². The van der Waals surface area contributed by atoms with Crippen molar-refractivity contribution in [3.05, 3.63) is 105 Å². The third-order valence-electron chi connectivity index (χ3n) is 6.26. The molecular weight excluding hydrogens is 487 g/mol. The summed E-state index contributed by atoms with van der Waals surface area (Å²) >= 11 is 12.7. The van der Waals surface area contributed by atoms with Crippen LogP contribution in [0.3, 0.4) is 0 Å². The fraction of sp³-hybridized carbons (Fsp3) is 0.111. The molecule has 3 aromatic rings. The number of carbonyl (C=O) groups is 3. The van der Waals surface area contributed by atoms with Crippen LogP contribution in [0.25, 0.3) is 5.76 Å². The van der Waals surface area contributed by atoms with Crippen LogP contribution in [0.4, 0.5) is 5.69 Å². The van der Waals surface area contributed by atoms with Crippen molar-refractivity contribution >= 4 is 57.8 Å². The molecule has 0 saturated heterocycles. The predicted molar refractivity (Wildman–Crippen MR) is 135 cm³/mol. The maximum Gasteiger partial charge on any atom is 0.257 e. The molecule has 0 spiro atoms. The molecule has 174 valence electrons. The zero-order valence-corrected chi connectivity index (χ0v) is 19.9. The fourth-order valence-electron chi connectivity index (χ4n) is 4.65. The number of rotatable bonds is 4. The van der Waals surface area contributed by atoms with Gasteiger partial charge < -0.3 is 5.11 Å². The van der Waals surface area contributed by atoms with Crippen molar-refractivity contribution in [2.24, 2.45) is 11.0 Å². The van der Waals surface area contributed by atoms with Crippen LogP contribution in [0.2, 0.25) is 10.0 Å². The number of hydrogen-bond donors (Lipinski definition) is 1. The van der Waals surface area contributed by atoms with Crippen LogP contribution in [0, 0.1) is 5.92 Å². The van der Waals surface area contributed by atoms with Gasteiger partial charge in [0.1, 0.15) is 5.76 Å². The number of para-hydroxylation sites is 1. The molecule has 1 amide bonds. The van der Waals surface area contributed by atoms with Gasteiger partial charge in [0.25, 0.3) is 5.91 Å². The van der Waals surface area contributed by atoms with E-state index in [1.165, 1.54) is 17.1 Å². The molecule has 2 atom stereocenters. The van der Waals surface area contributed by atoms with Crippen LogP contribution in [0.15, 0.2) is 83.5 Å². The number of allylic oxidation sites excluding steroid dienone is 1. The molecule has 2 aliphatic rings. The lowest BCUT2D eigenvalue weighted by Gasteiger charge is -2.29. The second kappa shape index (κ2) is 8.80. The van der Waals surface area contributed by atoms with Crippen LogP contribution < -0.4 is 5.01 Å². The molecule has 0 radical (unpaired) electrons. The normalized spacial score (nSPS) is 18.6. The van der Waals surface area contributed by atoms with Gasteiger partial charge in [0.15, 0.2) is 0 Å². The maximum atomic E-state index is 13.7. The number of Topliss-reactive ketones (excluding diaryl/α,β-unsaturated/α-hetero) is 2. The van der Waals surface area contributed by atoms with E-state index in [1.807, 2.05) is 6.07 Å². The third kappa shape index (κ3) is 3.75. The molecule has 0 saturated carbocycles. The molecule has 0 aromatic heterocycles. The zero-order chi connectivity index (χ0) is 24.9. The van der Waals surface area contributed by atoms with E-state index >= 15 is 0 Å². The van der Waals surface area contributed by atoms with Crippen molar-refractivity contribution in [1.29, 1.82) is 0 Å². The van der Waals surface area contributed by atoms with E-state index in [2.05, 4.69) is 5.10 Å². The summed E-state index contributed by atoms with van der Waals surface area (Å²) in [6, 6.07) is 19.8. The summed E-state index contributed by atoms with van der Waals surface area (Å²) in [5.41, 5.74) is 1.47. The zero-order valence-electron chi connectivity index (χ0n) is 18.4. The minimum absolute atomic E-state index is 0.105. The van der Waals surface area contributed by atoms with E-state index in [0.717, 1.165) is 0 Å². The van der Waals surface area contributed by atoms with Crippen molar-refractivity contribution in [1.82, 2.24) is 0 Å². The molecule has 0 fully saturated rings. The molecule has 1 heterocycles. The largest absolute Gasteiger partial charge is 0.507 e. The lowest BCUT2D eigenvalue weighted by Crippen LogP contribution is -2.36. The van der Waals surface area contributed by atoms with Gasteiger partial charge in [-0.15, -0.1) is 0 Å². The van der Waals surface area contributed by atoms with Crippen molar-refractivity contribution in [3.63, 3.8) is 0 Å². The lowest BCUT2D eigenvalue weighted by molar-refractivity contribution is -0.120. The molecular formula is C27H18Cl2N2O4. The Morgan fingerprint density at radius 1 is 0.886 bits per heavy atom. The lowest BCUT2D eigenvalue weighted by atomic mass is 9.72. The average molecular weight is 505 g/mol. The molecule has 1 aliphatic carbocycles. The Labute approximate surface area is 211 Å². The molecule has 1 aliphatic heterocycles. The van der Waals surface area contributed by atoms with Crippen LogP contribution >= 0.6 is 23.2 Å². The van der Waals surface area contributed by atoms with Crippen molar-refractivity contribution in [3.8, 4) is 0 Å². The van der Waals surface area contributed by atoms with E-state index in [9.17, 15) is 19.5 Å². The molecule has 6 nitrogen and oxygen atoms in total. The van der Waals surface area contributed by atoms with Gasteiger partial charge in [-0.25, -0.2) is 5.01 Å². The average Bonchev–Trinajstić information content (AvgIpc) is 3.15. The summed E-state index contributed by atoms with van der Waals surface area (Å²) in [6.07, 6.45) is 0. The van der Waals surface area contributed by atoms with Crippen molar-refractivity contribution < 1.29 is 19.5 Å². The van der Waals surface area contributed by atoms with E-state index in [4.69, 9.17) is 23.2 Å². The number of benzene rings is 3. The summed E-state index contributed by atoms with van der Waals surface area (Å²) in [4.78, 5) is 40.2. The van der Waals surface area contributed by atoms with Crippen LogP contribution in [-0.4, -0.2) is 28.3 Å². The first kappa shape index (κ1) is 23.0. The standard InChI is InChI=1S/C27H18Cl2N2O4/c1-14-21(27(35)31(30-14)16-7-3-2-4-8-16)22(19-12-11-15(28)13-20(19)29)23-24(32)17-9-5-6-10-18(17)25(33)26(23)34/h2-13,21-22,32H,1H3. The number of hydrazone groups is 1. The summed E-state index contributed by atoms with van der Waals surface area (Å²) in [5, 5.41) is 17.5. The first-order chi connectivity index (χ1) is 16.8. The Morgan fingerprint density at radius 3 is 2.23 bits per heavy atom. The minimum atomic E-state index is -1.07. The molecule has 5 rings (SSSR count). The Bertz CT molecular complexity index is 1460. The Balaban J connectivity index is 1.73. The number of ketones is 2. The Morgan fingerprint density at radius 2 is 1.54 bits per heavy atom. The van der Waals surface area contributed by atoms with Crippen LogP contribution in [0.5, 0.6) is 0 Å². The molecule has 3 aromatic carbocycles. The summed E-state index contributed by atoms with van der Waals surface area (Å²) in [5.74, 6) is -4.49. The van der Waals surface area contributed by atoms with Gasteiger partial charge in [-0.05, 0) is 36.8 Å². The van der Waals surface area contributed by atoms with Crippen LogP contribution in [-0.2, 0) is 9.59 Å². The number of amides is 1. The SMILES string of the molecule is CC1=NN(c2ccccc2)C(=O)C1C(C1=C(O)c2ccccc2C(=O)C1=O)c1ccc(Cl)cc1Cl. The van der Waals surface area contributed by atoms with Gasteiger partial charge in [0.2, 0.25) is 11.6 Å². The second-order valence-corrected chi connectivity index (χ2v) is 9.16. The van der Waals surface area contributed by atoms with Gasteiger partial charge in [0, 0.05) is 32.8 Å². The highest BCUT2D eigenvalue weighted by atomic mass is 35.5. The van der Waals surface area contributed by atoms with Gasteiger partial charge in [0.05, 0.1) is 17.2 Å². The number of hydrogen-bond acceptors (Lipinski definition) is 5. The molecule has 8 heteroatoms. The maximum absolute atomic E-state index is 13.7. The van der Waals surface area contributed by atoms with Crippen LogP contribution in [0.1, 0.15) is 34.3 Å². The summed E-state index contributed by atoms with van der Waals surface area (Å²) in [7, 11) is 0. The predicted octanol–water partition coefficient (Wildman–Crippen LogP) is 5.85. The van der Waals surface area contributed by atoms with Gasteiger partial charge >= 0.3 is 0 Å². The quantitative estimate of drug-likeness (QED) is 0.451. The first-order valence-electron chi connectivity index (χ1n) is 10.8. The van der Waals surface area contributed by atoms with E-state index in [1.54, 1.807) is 61.5 Å². The highest BCUT2D eigenvalue weighted by molar-refractivity contribution is 6.52. The van der Waals surface area contributed by atoms with Gasteiger partial charge in [-0.1, -0.05) is 71.7 Å². The molecule has 0 bridgehead atoms.